The van der Waals surface area contributed by atoms with E-state index in [1.54, 1.807) is 11.3 Å². The Morgan fingerprint density at radius 1 is 1.26 bits per heavy atom. The highest BCUT2D eigenvalue weighted by Gasteiger charge is 2.14. The number of likely N-dealkylation sites (N-methyl/N-ethyl adjacent to an activating group) is 1. The molecule has 0 aliphatic carbocycles. The number of hydrogen-bond donors (Lipinski definition) is 1. The van der Waals surface area contributed by atoms with Gasteiger partial charge in [0.05, 0.1) is 10.2 Å². The Kier molecular flexibility index (Phi) is 3.68. The van der Waals surface area contributed by atoms with E-state index in [1.807, 2.05) is 7.05 Å². The molecule has 2 heterocycles. The summed E-state index contributed by atoms with van der Waals surface area (Å²) in [5, 5.41) is 4.11. The maximum absolute atomic E-state index is 4.52. The first-order valence-corrected chi connectivity index (χ1v) is 7.54. The standard InChI is InChI=1S/C14H20N4S/c1-15-14-16-12-4-3-11(9-13(12)19-14)10-18-7-5-17(2)6-8-18/h3-4,9H,5-8,10H2,1-2H3,(H,15,16). The molecular weight excluding hydrogens is 256 g/mol. The molecule has 1 aliphatic heterocycles. The molecule has 4 nitrogen and oxygen atoms in total. The van der Waals surface area contributed by atoms with Gasteiger partial charge >= 0.3 is 0 Å². The van der Waals surface area contributed by atoms with Crippen LogP contribution in [0.1, 0.15) is 5.56 Å². The lowest BCUT2D eigenvalue weighted by Crippen LogP contribution is -2.43. The summed E-state index contributed by atoms with van der Waals surface area (Å²) < 4.78 is 1.27. The van der Waals surface area contributed by atoms with Crippen LogP contribution < -0.4 is 5.32 Å². The Labute approximate surface area is 118 Å². The van der Waals surface area contributed by atoms with Crippen molar-refractivity contribution in [2.75, 3.05) is 45.6 Å². The predicted octanol–water partition coefficient (Wildman–Crippen LogP) is 2.09. The van der Waals surface area contributed by atoms with E-state index in [-0.39, 0.29) is 0 Å². The molecule has 1 fully saturated rings. The summed E-state index contributed by atoms with van der Waals surface area (Å²) in [5.41, 5.74) is 2.49. The Bertz CT molecular complexity index is 558. The molecule has 0 unspecified atom stereocenters. The lowest BCUT2D eigenvalue weighted by atomic mass is 10.2. The number of benzene rings is 1. The molecule has 3 rings (SSSR count). The highest BCUT2D eigenvalue weighted by atomic mass is 32.1. The number of piperazine rings is 1. The van der Waals surface area contributed by atoms with Crippen molar-refractivity contribution >= 4 is 26.7 Å². The lowest BCUT2D eigenvalue weighted by Gasteiger charge is -2.32. The first kappa shape index (κ1) is 12.8. The van der Waals surface area contributed by atoms with E-state index in [4.69, 9.17) is 0 Å². The van der Waals surface area contributed by atoms with Crippen LogP contribution in [-0.4, -0.2) is 55.1 Å². The van der Waals surface area contributed by atoms with Crippen LogP contribution in [0.5, 0.6) is 0 Å². The van der Waals surface area contributed by atoms with Gasteiger partial charge in [-0.05, 0) is 24.7 Å². The summed E-state index contributed by atoms with van der Waals surface area (Å²) in [6.45, 7) is 5.73. The fourth-order valence-electron chi connectivity index (χ4n) is 2.44. The zero-order valence-electron chi connectivity index (χ0n) is 11.5. The minimum atomic E-state index is 0.992. The Balaban J connectivity index is 1.74. The van der Waals surface area contributed by atoms with Crippen LogP contribution in [0.3, 0.4) is 0 Å². The highest BCUT2D eigenvalue weighted by molar-refractivity contribution is 7.22. The molecule has 0 bridgehead atoms. The molecule has 0 amide bonds. The SMILES string of the molecule is CNc1nc2ccc(CN3CCN(C)CC3)cc2s1. The van der Waals surface area contributed by atoms with Crippen LogP contribution in [0.15, 0.2) is 18.2 Å². The van der Waals surface area contributed by atoms with Crippen molar-refractivity contribution in [2.24, 2.45) is 0 Å². The Hall–Kier alpha value is -1.17. The number of aromatic nitrogens is 1. The van der Waals surface area contributed by atoms with Crippen molar-refractivity contribution in [3.63, 3.8) is 0 Å². The van der Waals surface area contributed by atoms with Crippen molar-refractivity contribution in [2.45, 2.75) is 6.54 Å². The van der Waals surface area contributed by atoms with Crippen LogP contribution in [0.2, 0.25) is 0 Å². The first-order valence-electron chi connectivity index (χ1n) is 6.73. The number of nitrogens with zero attached hydrogens (tertiary/aromatic N) is 3. The number of rotatable bonds is 3. The summed E-state index contributed by atoms with van der Waals surface area (Å²) >= 11 is 1.72. The number of fused-ring (bicyclic) bond motifs is 1. The van der Waals surface area contributed by atoms with Crippen molar-refractivity contribution in [1.29, 1.82) is 0 Å². The summed E-state index contributed by atoms with van der Waals surface area (Å²) in [6, 6.07) is 6.63. The molecule has 102 valence electrons. The fourth-order valence-corrected chi connectivity index (χ4v) is 3.32. The third-order valence-corrected chi connectivity index (χ3v) is 4.70. The Morgan fingerprint density at radius 3 is 2.79 bits per heavy atom. The molecule has 1 aliphatic rings. The lowest BCUT2D eigenvalue weighted by molar-refractivity contribution is 0.148. The summed E-state index contributed by atoms with van der Waals surface area (Å²) in [4.78, 5) is 9.44. The van der Waals surface area contributed by atoms with Crippen LogP contribution >= 0.6 is 11.3 Å². The van der Waals surface area contributed by atoms with Gasteiger partial charge in [0.15, 0.2) is 5.13 Å². The molecule has 0 radical (unpaired) electrons. The van der Waals surface area contributed by atoms with Gasteiger partial charge in [-0.1, -0.05) is 17.4 Å². The van der Waals surface area contributed by atoms with E-state index in [0.717, 1.165) is 17.2 Å². The van der Waals surface area contributed by atoms with Crippen molar-refractivity contribution < 1.29 is 0 Å². The monoisotopic (exact) mass is 276 g/mol. The van der Waals surface area contributed by atoms with Gasteiger partial charge in [0, 0.05) is 39.8 Å². The zero-order chi connectivity index (χ0) is 13.2. The average Bonchev–Trinajstić information content (AvgIpc) is 2.83. The van der Waals surface area contributed by atoms with Gasteiger partial charge < -0.3 is 10.2 Å². The van der Waals surface area contributed by atoms with E-state index in [0.29, 0.717) is 0 Å². The molecule has 19 heavy (non-hydrogen) atoms. The van der Waals surface area contributed by atoms with Gasteiger partial charge in [-0.3, -0.25) is 4.90 Å². The third kappa shape index (κ3) is 2.88. The van der Waals surface area contributed by atoms with E-state index in [1.165, 1.54) is 36.4 Å². The van der Waals surface area contributed by atoms with Crippen LogP contribution in [0.25, 0.3) is 10.2 Å². The smallest absolute Gasteiger partial charge is 0.183 e. The number of hydrogen-bond acceptors (Lipinski definition) is 5. The second kappa shape index (κ2) is 5.45. The molecule has 1 N–H and O–H groups in total. The quantitative estimate of drug-likeness (QED) is 0.930. The summed E-state index contributed by atoms with van der Waals surface area (Å²) in [7, 11) is 4.11. The van der Waals surface area contributed by atoms with Crippen molar-refractivity contribution in [3.8, 4) is 0 Å². The van der Waals surface area contributed by atoms with Crippen molar-refractivity contribution in [1.82, 2.24) is 14.8 Å². The largest absolute Gasteiger partial charge is 0.365 e. The predicted molar refractivity (Wildman–Crippen MR) is 81.9 cm³/mol. The normalized spacial score (nSPS) is 18.0. The maximum Gasteiger partial charge on any atom is 0.183 e. The van der Waals surface area contributed by atoms with Gasteiger partial charge in [0.2, 0.25) is 0 Å². The maximum atomic E-state index is 4.52. The van der Waals surface area contributed by atoms with Gasteiger partial charge in [-0.25, -0.2) is 4.98 Å². The third-order valence-electron chi connectivity index (χ3n) is 3.67. The summed E-state index contributed by atoms with van der Waals surface area (Å²) in [6.07, 6.45) is 0. The second-order valence-corrected chi connectivity index (χ2v) is 6.18. The van der Waals surface area contributed by atoms with Crippen molar-refractivity contribution in [3.05, 3.63) is 23.8 Å². The van der Waals surface area contributed by atoms with Gasteiger partial charge in [0.25, 0.3) is 0 Å². The highest BCUT2D eigenvalue weighted by Crippen LogP contribution is 2.26. The summed E-state index contributed by atoms with van der Waals surface area (Å²) in [5.74, 6) is 0. The molecule has 1 saturated heterocycles. The molecule has 0 spiro atoms. The number of anilines is 1. The molecule has 1 aromatic carbocycles. The molecule has 5 heteroatoms. The number of thiazole rings is 1. The van der Waals surface area contributed by atoms with Gasteiger partial charge in [-0.15, -0.1) is 0 Å². The molecule has 0 saturated carbocycles. The van der Waals surface area contributed by atoms with Crippen LogP contribution in [0, 0.1) is 0 Å². The van der Waals surface area contributed by atoms with Crippen LogP contribution in [-0.2, 0) is 6.54 Å². The van der Waals surface area contributed by atoms with E-state index in [2.05, 4.69) is 45.3 Å². The zero-order valence-corrected chi connectivity index (χ0v) is 12.3. The van der Waals surface area contributed by atoms with Gasteiger partial charge in [0.1, 0.15) is 0 Å². The molecule has 1 aromatic heterocycles. The minimum absolute atomic E-state index is 0.992. The van der Waals surface area contributed by atoms with E-state index in [9.17, 15) is 0 Å². The fraction of sp³-hybridized carbons (Fsp3) is 0.500. The van der Waals surface area contributed by atoms with E-state index >= 15 is 0 Å². The molecule has 0 atom stereocenters. The Morgan fingerprint density at radius 2 is 2.05 bits per heavy atom. The van der Waals surface area contributed by atoms with E-state index < -0.39 is 0 Å². The first-order chi connectivity index (χ1) is 9.24. The number of nitrogens with one attached hydrogen (secondary N) is 1. The van der Waals surface area contributed by atoms with Crippen LogP contribution in [0.4, 0.5) is 5.13 Å². The molecular formula is C14H20N4S. The topological polar surface area (TPSA) is 31.4 Å². The second-order valence-electron chi connectivity index (χ2n) is 5.15. The molecule has 2 aromatic rings. The average molecular weight is 276 g/mol. The van der Waals surface area contributed by atoms with Gasteiger partial charge in [-0.2, -0.15) is 0 Å². The minimum Gasteiger partial charge on any atom is -0.365 e.